The molecule has 0 fully saturated rings. The molecule has 1 aliphatic heterocycles. The summed E-state index contributed by atoms with van der Waals surface area (Å²) in [5.41, 5.74) is 2.04. The number of nitrogens with one attached hydrogen (secondary N) is 1. The Morgan fingerprint density at radius 1 is 1.33 bits per heavy atom. The van der Waals surface area contributed by atoms with Gasteiger partial charge in [0.2, 0.25) is 0 Å². The van der Waals surface area contributed by atoms with Crippen LogP contribution in [0.2, 0.25) is 0 Å². The Balaban J connectivity index is 1.94. The zero-order chi connectivity index (χ0) is 19.3. The minimum Gasteiger partial charge on any atom is -0.497 e. The van der Waals surface area contributed by atoms with Crippen LogP contribution in [0.1, 0.15) is 9.67 Å². The van der Waals surface area contributed by atoms with Gasteiger partial charge in [0, 0.05) is 20.2 Å². The molecule has 0 spiro atoms. The first-order valence-corrected chi connectivity index (χ1v) is 8.99. The molecule has 4 rings (SSSR count). The van der Waals surface area contributed by atoms with Crippen molar-refractivity contribution in [3.05, 3.63) is 29.4 Å². The summed E-state index contributed by atoms with van der Waals surface area (Å²) in [7, 11) is 6.85. The van der Waals surface area contributed by atoms with Crippen LogP contribution in [0.25, 0.3) is 10.2 Å². The van der Waals surface area contributed by atoms with Crippen molar-refractivity contribution in [3.8, 4) is 5.75 Å². The molecule has 8 nitrogen and oxygen atoms in total. The highest BCUT2D eigenvalue weighted by Crippen LogP contribution is 2.44. The molecule has 27 heavy (non-hydrogen) atoms. The van der Waals surface area contributed by atoms with Crippen LogP contribution < -0.4 is 20.4 Å². The van der Waals surface area contributed by atoms with Crippen LogP contribution in [0.5, 0.6) is 5.75 Å². The minimum atomic E-state index is -0.389. The van der Waals surface area contributed by atoms with Crippen molar-refractivity contribution in [1.82, 2.24) is 14.9 Å². The van der Waals surface area contributed by atoms with Crippen LogP contribution in [0, 0.1) is 0 Å². The van der Waals surface area contributed by atoms with E-state index in [0.717, 1.165) is 5.46 Å². The number of carbonyl (C=O) groups is 2. The van der Waals surface area contributed by atoms with Crippen LogP contribution in [0.4, 0.5) is 22.0 Å². The molecule has 0 radical (unpaired) electrons. The van der Waals surface area contributed by atoms with Gasteiger partial charge in [-0.15, -0.1) is 11.3 Å². The van der Waals surface area contributed by atoms with Gasteiger partial charge in [0.1, 0.15) is 29.6 Å². The van der Waals surface area contributed by atoms with Crippen molar-refractivity contribution in [3.63, 3.8) is 0 Å². The zero-order valence-corrected chi connectivity index (χ0v) is 16.0. The first-order chi connectivity index (χ1) is 12.9. The maximum absolute atomic E-state index is 12.9. The molecular formula is C17H16BN5O3S. The van der Waals surface area contributed by atoms with Crippen molar-refractivity contribution >= 4 is 64.0 Å². The normalized spacial score (nSPS) is 12.9. The number of ether oxygens (including phenoxy) is 1. The second kappa shape index (κ2) is 6.24. The fourth-order valence-electron chi connectivity index (χ4n) is 3.01. The van der Waals surface area contributed by atoms with E-state index < -0.39 is 0 Å². The molecule has 10 heteroatoms. The monoisotopic (exact) mass is 381 g/mol. The van der Waals surface area contributed by atoms with Crippen molar-refractivity contribution < 1.29 is 14.3 Å². The van der Waals surface area contributed by atoms with E-state index in [2.05, 4.69) is 15.3 Å². The number of thiophene rings is 1. The lowest BCUT2D eigenvalue weighted by Gasteiger charge is -2.27. The van der Waals surface area contributed by atoms with Gasteiger partial charge < -0.3 is 15.0 Å². The third-order valence-electron chi connectivity index (χ3n) is 4.37. The zero-order valence-electron chi connectivity index (χ0n) is 15.2. The van der Waals surface area contributed by atoms with E-state index >= 15 is 0 Å². The first kappa shape index (κ1) is 17.3. The molecule has 0 saturated heterocycles. The van der Waals surface area contributed by atoms with E-state index in [9.17, 15) is 9.59 Å². The standard InChI is InChI=1S/C17H16BN5O3S/c1-22(2)16(24)13-12-11-14(19-7-20-15(11)27-13)23(17(25)21-12)8-4-5-9(18)10(6-8)26-3/h4-7H,18H2,1-3H3,(H,21,25). The lowest BCUT2D eigenvalue weighted by Crippen LogP contribution is -2.35. The summed E-state index contributed by atoms with van der Waals surface area (Å²) in [6.45, 7) is 0. The third kappa shape index (κ3) is 2.60. The molecular weight excluding hydrogens is 365 g/mol. The van der Waals surface area contributed by atoms with Gasteiger partial charge in [-0.05, 0) is 11.5 Å². The Morgan fingerprint density at radius 3 is 2.81 bits per heavy atom. The largest absolute Gasteiger partial charge is 0.497 e. The highest BCUT2D eigenvalue weighted by molar-refractivity contribution is 7.21. The summed E-state index contributed by atoms with van der Waals surface area (Å²) < 4.78 is 5.38. The van der Waals surface area contributed by atoms with E-state index in [0.29, 0.717) is 38.0 Å². The molecule has 0 atom stereocenters. The predicted molar refractivity (Wildman–Crippen MR) is 108 cm³/mol. The number of benzene rings is 1. The summed E-state index contributed by atoms with van der Waals surface area (Å²) in [6.07, 6.45) is 1.40. The van der Waals surface area contributed by atoms with Gasteiger partial charge in [-0.3, -0.25) is 4.79 Å². The van der Waals surface area contributed by atoms with Crippen molar-refractivity contribution in [2.45, 2.75) is 0 Å². The topological polar surface area (TPSA) is 87.7 Å². The van der Waals surface area contributed by atoms with Gasteiger partial charge in [-0.2, -0.15) is 0 Å². The van der Waals surface area contributed by atoms with E-state index in [1.54, 1.807) is 27.3 Å². The number of hydrogen-bond donors (Lipinski definition) is 1. The van der Waals surface area contributed by atoms with Gasteiger partial charge >= 0.3 is 6.03 Å². The van der Waals surface area contributed by atoms with Crippen LogP contribution in [-0.2, 0) is 0 Å². The SMILES string of the molecule is Bc1ccc(N2C(=O)Nc3c(C(=O)N(C)C)sc4ncnc2c34)cc1OC. The maximum Gasteiger partial charge on any atom is 0.332 e. The van der Waals surface area contributed by atoms with Crippen LogP contribution in [0.15, 0.2) is 24.5 Å². The molecule has 0 bridgehead atoms. The number of aromatic nitrogens is 2. The van der Waals surface area contributed by atoms with Crippen molar-refractivity contribution in [1.29, 1.82) is 0 Å². The van der Waals surface area contributed by atoms with Crippen LogP contribution >= 0.6 is 11.3 Å². The molecule has 3 heterocycles. The number of urea groups is 1. The second-order valence-electron chi connectivity index (χ2n) is 6.30. The fourth-order valence-corrected chi connectivity index (χ4v) is 4.12. The Bertz CT molecular complexity index is 1100. The number of methoxy groups -OCH3 is 1. The molecule has 1 aromatic carbocycles. The molecule has 3 aromatic rings. The summed E-state index contributed by atoms with van der Waals surface area (Å²) in [6, 6.07) is 5.10. The average molecular weight is 381 g/mol. The number of nitrogens with zero attached hydrogens (tertiary/aromatic N) is 4. The van der Waals surface area contributed by atoms with Gasteiger partial charge in [0.15, 0.2) is 5.82 Å². The maximum atomic E-state index is 12.9. The highest BCUT2D eigenvalue weighted by Gasteiger charge is 2.34. The molecule has 2 aromatic heterocycles. The van der Waals surface area contributed by atoms with Crippen molar-refractivity contribution in [2.75, 3.05) is 31.4 Å². The molecule has 1 N–H and O–H groups in total. The molecule has 0 unspecified atom stereocenters. The van der Waals surface area contributed by atoms with Crippen molar-refractivity contribution in [2.24, 2.45) is 0 Å². The molecule has 0 saturated carbocycles. The predicted octanol–water partition coefficient (Wildman–Crippen LogP) is 1.34. The van der Waals surface area contributed by atoms with Crippen LogP contribution in [-0.4, -0.2) is 55.9 Å². The van der Waals surface area contributed by atoms with E-state index in [4.69, 9.17) is 4.74 Å². The van der Waals surface area contributed by atoms with Gasteiger partial charge in [-0.1, -0.05) is 6.07 Å². The number of rotatable bonds is 3. The first-order valence-electron chi connectivity index (χ1n) is 8.17. The lowest BCUT2D eigenvalue weighted by atomic mass is 9.94. The Morgan fingerprint density at radius 2 is 2.11 bits per heavy atom. The Kier molecular flexibility index (Phi) is 3.99. The number of carbonyl (C=O) groups excluding carboxylic acids is 2. The second-order valence-corrected chi connectivity index (χ2v) is 7.30. The Labute approximate surface area is 160 Å². The molecule has 0 aliphatic carbocycles. The summed E-state index contributed by atoms with van der Waals surface area (Å²) in [5, 5.41) is 3.50. The van der Waals surface area contributed by atoms with E-state index in [1.165, 1.54) is 27.5 Å². The van der Waals surface area contributed by atoms with Gasteiger partial charge in [0.25, 0.3) is 5.91 Å². The molecule has 1 aliphatic rings. The minimum absolute atomic E-state index is 0.190. The smallest absolute Gasteiger partial charge is 0.332 e. The lowest BCUT2D eigenvalue weighted by molar-refractivity contribution is 0.0833. The molecule has 136 valence electrons. The van der Waals surface area contributed by atoms with E-state index in [-0.39, 0.29) is 11.9 Å². The quantitative estimate of drug-likeness (QED) is 0.692. The number of amides is 3. The number of anilines is 3. The summed E-state index contributed by atoms with van der Waals surface area (Å²) >= 11 is 1.24. The van der Waals surface area contributed by atoms with Gasteiger partial charge in [-0.25, -0.2) is 19.7 Å². The highest BCUT2D eigenvalue weighted by atomic mass is 32.1. The third-order valence-corrected chi connectivity index (χ3v) is 5.45. The number of hydrogen-bond acceptors (Lipinski definition) is 6. The molecule has 3 amide bonds. The fraction of sp³-hybridized carbons (Fsp3) is 0.176. The average Bonchev–Trinajstić information content (AvgIpc) is 3.01. The summed E-state index contributed by atoms with van der Waals surface area (Å²) in [4.78, 5) is 38.1. The van der Waals surface area contributed by atoms with E-state index in [1.807, 2.05) is 20.0 Å². The van der Waals surface area contributed by atoms with Crippen LogP contribution in [0.3, 0.4) is 0 Å². The summed E-state index contributed by atoms with van der Waals surface area (Å²) in [5.74, 6) is 0.925. The Hall–Kier alpha value is -3.14. The van der Waals surface area contributed by atoms with Gasteiger partial charge in [0.05, 0.1) is 23.9 Å².